The van der Waals surface area contributed by atoms with Crippen LogP contribution in [0.25, 0.3) is 0 Å². The lowest BCUT2D eigenvalue weighted by Gasteiger charge is -2.25. The summed E-state index contributed by atoms with van der Waals surface area (Å²) in [5.74, 6) is -0.211. The molecule has 190 valence electrons. The third kappa shape index (κ3) is 10.3. The van der Waals surface area contributed by atoms with Crippen LogP contribution >= 0.6 is 35.6 Å². The number of aromatic hydroxyl groups is 1. The molecule has 0 spiro atoms. The van der Waals surface area contributed by atoms with E-state index in [2.05, 4.69) is 4.99 Å². The van der Waals surface area contributed by atoms with Gasteiger partial charge in [-0.2, -0.15) is 16.8 Å². The second-order valence-corrected chi connectivity index (χ2v) is 11.2. The highest BCUT2D eigenvalue weighted by atomic mass is 35.5. The van der Waals surface area contributed by atoms with E-state index in [-0.39, 0.29) is 54.5 Å². The van der Waals surface area contributed by atoms with E-state index in [1.54, 1.807) is 23.2 Å². The minimum absolute atomic E-state index is 0. The number of anilines is 1. The van der Waals surface area contributed by atoms with Gasteiger partial charge in [-0.1, -0.05) is 29.3 Å². The fourth-order valence-electron chi connectivity index (χ4n) is 2.74. The molecule has 0 aliphatic heterocycles. The lowest BCUT2D eigenvalue weighted by molar-refractivity contribution is 0.309. The largest absolute Gasteiger partial charge is 0.505 e. The van der Waals surface area contributed by atoms with E-state index in [9.17, 15) is 21.9 Å². The zero-order valence-electron chi connectivity index (χ0n) is 18.6. The van der Waals surface area contributed by atoms with E-state index in [4.69, 9.17) is 31.6 Å². The van der Waals surface area contributed by atoms with Gasteiger partial charge in [-0.15, -0.1) is 12.4 Å². The maximum absolute atomic E-state index is 11.3. The summed E-state index contributed by atoms with van der Waals surface area (Å²) in [7, 11) is -7.22. The number of benzene rings is 2. The summed E-state index contributed by atoms with van der Waals surface area (Å²) in [6.07, 6.45) is 3.52. The van der Waals surface area contributed by atoms with Gasteiger partial charge in [-0.05, 0) is 42.3 Å². The first kappa shape index (κ1) is 30.4. The number of hydrogen-bond acceptors (Lipinski definition) is 9. The van der Waals surface area contributed by atoms with Crippen LogP contribution in [0.2, 0.25) is 10.0 Å². The van der Waals surface area contributed by atoms with Crippen LogP contribution in [0.5, 0.6) is 5.75 Å². The number of aliphatic imine (C=N–C) groups is 1. The van der Waals surface area contributed by atoms with Crippen molar-refractivity contribution in [1.29, 1.82) is 0 Å². The van der Waals surface area contributed by atoms with Gasteiger partial charge in [0.05, 0.1) is 41.5 Å². The summed E-state index contributed by atoms with van der Waals surface area (Å²) < 4.78 is 54.6. The minimum atomic E-state index is -3.61. The molecule has 0 atom stereocenters. The van der Waals surface area contributed by atoms with E-state index in [1.807, 2.05) is 13.0 Å². The van der Waals surface area contributed by atoms with Crippen LogP contribution in [0.1, 0.15) is 11.1 Å². The predicted molar refractivity (Wildman–Crippen MR) is 138 cm³/mol. The van der Waals surface area contributed by atoms with Crippen LogP contribution in [-0.4, -0.2) is 67.0 Å². The average molecular weight is 576 g/mol. The molecule has 0 bridgehead atoms. The molecule has 2 rings (SSSR count). The smallest absolute Gasteiger partial charge is 0.264 e. The molecule has 0 aromatic heterocycles. The molecule has 9 nitrogen and oxygen atoms in total. The Hall–Kier alpha value is -1.60. The van der Waals surface area contributed by atoms with Gasteiger partial charge in [0.15, 0.2) is 5.75 Å². The molecule has 0 aliphatic carbocycles. The van der Waals surface area contributed by atoms with Gasteiger partial charge in [0.2, 0.25) is 0 Å². The van der Waals surface area contributed by atoms with Gasteiger partial charge in [-0.3, -0.25) is 13.4 Å². The number of phenols is 1. The summed E-state index contributed by atoms with van der Waals surface area (Å²) in [5, 5.41) is 9.83. The van der Waals surface area contributed by atoms with Crippen molar-refractivity contribution in [2.24, 2.45) is 4.99 Å². The summed E-state index contributed by atoms with van der Waals surface area (Å²) in [4.78, 5) is 6.09. The van der Waals surface area contributed by atoms with Crippen molar-refractivity contribution in [3.8, 4) is 5.75 Å². The van der Waals surface area contributed by atoms with Gasteiger partial charge in [0.1, 0.15) is 0 Å². The van der Waals surface area contributed by atoms with Crippen molar-refractivity contribution >= 4 is 73.4 Å². The van der Waals surface area contributed by atoms with Gasteiger partial charge in [-0.25, -0.2) is 0 Å². The lowest BCUT2D eigenvalue weighted by Crippen LogP contribution is -2.32. The Morgan fingerprint density at radius 1 is 0.971 bits per heavy atom. The Balaban J connectivity index is 0.00000578. The van der Waals surface area contributed by atoms with Crippen molar-refractivity contribution in [2.45, 2.75) is 6.92 Å². The number of nitrogens with zero attached hydrogens (tertiary/aromatic N) is 2. The zero-order chi connectivity index (χ0) is 24.8. The molecule has 0 heterocycles. The predicted octanol–water partition coefficient (Wildman–Crippen LogP) is 3.94. The zero-order valence-corrected chi connectivity index (χ0v) is 22.5. The van der Waals surface area contributed by atoms with Crippen molar-refractivity contribution < 1.29 is 30.3 Å². The first-order chi connectivity index (χ1) is 15.2. The van der Waals surface area contributed by atoms with Crippen LogP contribution < -0.4 is 4.90 Å². The molecule has 14 heteroatoms. The van der Waals surface area contributed by atoms with Crippen LogP contribution in [0, 0.1) is 6.92 Å². The number of halogens is 3. The lowest BCUT2D eigenvalue weighted by atomic mass is 10.1. The standard InChI is InChI=1S/C20H24Cl2N2O7S2.ClH/c1-14-10-17(24(6-8-30-32(2,26)27)7-9-31-33(3,28)29)5-4-15(14)13-23-16-11-18(21)20(25)19(22)12-16;/h4-5,10-13,25H,6-9H2,1-3H3;1H. The third-order valence-electron chi connectivity index (χ3n) is 4.29. The average Bonchev–Trinajstić information content (AvgIpc) is 2.68. The summed E-state index contributed by atoms with van der Waals surface area (Å²) >= 11 is 11.8. The number of hydrogen-bond donors (Lipinski definition) is 1. The number of aryl methyl sites for hydroxylation is 1. The normalized spacial score (nSPS) is 12.0. The Labute approximate surface area is 216 Å². The molecule has 0 aliphatic rings. The van der Waals surface area contributed by atoms with E-state index in [0.717, 1.165) is 29.3 Å². The van der Waals surface area contributed by atoms with E-state index in [1.165, 1.54) is 12.1 Å². The highest BCUT2D eigenvalue weighted by molar-refractivity contribution is 7.86. The third-order valence-corrected chi connectivity index (χ3v) is 6.06. The van der Waals surface area contributed by atoms with Crippen LogP contribution in [0.4, 0.5) is 11.4 Å². The first-order valence-corrected chi connectivity index (χ1v) is 13.9. The molecular formula is C20H25Cl3N2O7S2. The van der Waals surface area contributed by atoms with Gasteiger partial charge in [0.25, 0.3) is 20.2 Å². The molecule has 0 amide bonds. The highest BCUT2D eigenvalue weighted by Crippen LogP contribution is 2.35. The number of phenolic OH excluding ortho intramolecular Hbond substituents is 1. The summed E-state index contributed by atoms with van der Waals surface area (Å²) in [6, 6.07) is 8.40. The monoisotopic (exact) mass is 574 g/mol. The van der Waals surface area contributed by atoms with E-state index in [0.29, 0.717) is 5.69 Å². The molecule has 0 radical (unpaired) electrons. The molecule has 0 fully saturated rings. The van der Waals surface area contributed by atoms with E-state index < -0.39 is 20.2 Å². The number of rotatable bonds is 11. The second-order valence-electron chi connectivity index (χ2n) is 7.10. The maximum Gasteiger partial charge on any atom is 0.264 e. The second kappa shape index (κ2) is 12.9. The highest BCUT2D eigenvalue weighted by Gasteiger charge is 2.12. The SMILES string of the molecule is Cc1cc(N(CCOS(C)(=O)=O)CCOS(C)(=O)=O)ccc1C=Nc1cc(Cl)c(O)c(Cl)c1.Cl. The molecule has 2 aromatic rings. The Morgan fingerprint density at radius 2 is 1.47 bits per heavy atom. The molecule has 34 heavy (non-hydrogen) atoms. The van der Waals surface area contributed by atoms with Crippen LogP contribution in [-0.2, 0) is 28.6 Å². The Kier molecular flexibility index (Phi) is 11.6. The molecule has 1 N–H and O–H groups in total. The van der Waals surface area contributed by atoms with Crippen LogP contribution in [0.3, 0.4) is 0 Å². The fourth-order valence-corrected chi connectivity index (χ4v) is 3.97. The van der Waals surface area contributed by atoms with E-state index >= 15 is 0 Å². The molecular weight excluding hydrogens is 551 g/mol. The fraction of sp³-hybridized carbons (Fsp3) is 0.350. The minimum Gasteiger partial charge on any atom is -0.505 e. The van der Waals surface area contributed by atoms with Crippen LogP contribution in [0.15, 0.2) is 35.3 Å². The molecule has 0 saturated heterocycles. The first-order valence-electron chi connectivity index (χ1n) is 9.51. The molecule has 0 saturated carbocycles. The van der Waals surface area contributed by atoms with Crippen molar-refractivity contribution in [1.82, 2.24) is 0 Å². The summed E-state index contributed by atoms with van der Waals surface area (Å²) in [6.45, 7) is 2.03. The van der Waals surface area contributed by atoms with Crippen molar-refractivity contribution in [2.75, 3.05) is 43.7 Å². The maximum atomic E-state index is 11.3. The topological polar surface area (TPSA) is 123 Å². The molecule has 0 unspecified atom stereocenters. The molecule has 2 aromatic carbocycles. The van der Waals surface area contributed by atoms with Crippen molar-refractivity contribution in [3.05, 3.63) is 51.5 Å². The van der Waals surface area contributed by atoms with Gasteiger partial charge in [0, 0.05) is 25.0 Å². The Bertz CT molecular complexity index is 1180. The Morgan fingerprint density at radius 3 is 1.91 bits per heavy atom. The summed E-state index contributed by atoms with van der Waals surface area (Å²) in [5.41, 5.74) is 2.82. The quantitative estimate of drug-likeness (QED) is 0.316. The van der Waals surface area contributed by atoms with Gasteiger partial charge >= 0.3 is 0 Å². The van der Waals surface area contributed by atoms with Gasteiger partial charge < -0.3 is 10.0 Å². The van der Waals surface area contributed by atoms with Crippen molar-refractivity contribution in [3.63, 3.8) is 0 Å².